The molecule has 1 heterocycles. The maximum Gasteiger partial charge on any atom is 0.573 e. The molecule has 106 valence electrons. The van der Waals surface area contributed by atoms with E-state index in [0.29, 0.717) is 24.1 Å². The predicted octanol–water partition coefficient (Wildman–Crippen LogP) is 4.39. The summed E-state index contributed by atoms with van der Waals surface area (Å²) in [6, 6.07) is 4.84. The molecule has 1 N–H and O–H groups in total. The summed E-state index contributed by atoms with van der Waals surface area (Å²) in [7, 11) is 0. The van der Waals surface area contributed by atoms with Crippen LogP contribution >= 0.6 is 0 Å². The summed E-state index contributed by atoms with van der Waals surface area (Å²) in [5, 5.41) is 3.05. The van der Waals surface area contributed by atoms with Gasteiger partial charge < -0.3 is 10.1 Å². The predicted molar refractivity (Wildman–Crippen MR) is 68.4 cm³/mol. The van der Waals surface area contributed by atoms with Crippen molar-refractivity contribution in [3.8, 4) is 5.75 Å². The summed E-state index contributed by atoms with van der Waals surface area (Å²) in [5.74, 6) is 0.968. The minimum absolute atomic E-state index is 0.136. The summed E-state index contributed by atoms with van der Waals surface area (Å²) in [6.07, 6.45) is -4.65. The normalized spacial score (nSPS) is 20.1. The van der Waals surface area contributed by atoms with Crippen molar-refractivity contribution in [3.05, 3.63) is 23.8 Å². The van der Waals surface area contributed by atoms with Crippen molar-refractivity contribution in [2.75, 3.05) is 11.9 Å². The first-order chi connectivity index (χ1) is 8.79. The van der Waals surface area contributed by atoms with Crippen LogP contribution in [0.25, 0.3) is 0 Å². The van der Waals surface area contributed by atoms with Gasteiger partial charge in [-0.05, 0) is 23.5 Å². The maximum absolute atomic E-state index is 12.3. The second kappa shape index (κ2) is 4.94. The Labute approximate surface area is 111 Å². The second-order valence-corrected chi connectivity index (χ2v) is 5.36. The van der Waals surface area contributed by atoms with E-state index in [-0.39, 0.29) is 11.7 Å². The van der Waals surface area contributed by atoms with Gasteiger partial charge in [0, 0.05) is 12.5 Å². The van der Waals surface area contributed by atoms with E-state index in [4.69, 9.17) is 0 Å². The number of hydrogen-bond donors (Lipinski definition) is 1. The third-order valence-corrected chi connectivity index (χ3v) is 3.87. The standard InChI is InChI=1S/C14H18F3NO/c1-8(2)9(3)11-7-18-13-10(11)5-4-6-12(13)19-14(15,16)17/h4-6,8-9,11,18H,7H2,1-3H3. The van der Waals surface area contributed by atoms with E-state index < -0.39 is 6.36 Å². The van der Waals surface area contributed by atoms with Gasteiger partial charge in [-0.15, -0.1) is 13.2 Å². The number of fused-ring (bicyclic) bond motifs is 1. The molecule has 1 aliphatic rings. The van der Waals surface area contributed by atoms with Crippen LogP contribution in [0, 0.1) is 11.8 Å². The topological polar surface area (TPSA) is 21.3 Å². The fourth-order valence-electron chi connectivity index (χ4n) is 2.51. The summed E-state index contributed by atoms with van der Waals surface area (Å²) >= 11 is 0. The molecule has 0 radical (unpaired) electrons. The number of ether oxygens (including phenoxy) is 1. The van der Waals surface area contributed by atoms with Gasteiger partial charge in [-0.2, -0.15) is 0 Å². The molecule has 0 saturated carbocycles. The van der Waals surface area contributed by atoms with Crippen molar-refractivity contribution in [3.63, 3.8) is 0 Å². The van der Waals surface area contributed by atoms with Crippen molar-refractivity contribution in [2.45, 2.75) is 33.1 Å². The quantitative estimate of drug-likeness (QED) is 0.882. The van der Waals surface area contributed by atoms with Gasteiger partial charge in [0.15, 0.2) is 5.75 Å². The first-order valence-electron chi connectivity index (χ1n) is 6.42. The van der Waals surface area contributed by atoms with Crippen LogP contribution in [-0.2, 0) is 0 Å². The van der Waals surface area contributed by atoms with Crippen LogP contribution < -0.4 is 10.1 Å². The van der Waals surface area contributed by atoms with Crippen LogP contribution in [0.3, 0.4) is 0 Å². The van der Waals surface area contributed by atoms with Crippen LogP contribution in [0.4, 0.5) is 18.9 Å². The van der Waals surface area contributed by atoms with Gasteiger partial charge in [0.1, 0.15) is 0 Å². The summed E-state index contributed by atoms with van der Waals surface area (Å²) < 4.78 is 41.1. The van der Waals surface area contributed by atoms with Crippen molar-refractivity contribution >= 4 is 5.69 Å². The number of para-hydroxylation sites is 1. The average molecular weight is 273 g/mol. The highest BCUT2D eigenvalue weighted by molar-refractivity contribution is 5.67. The Morgan fingerprint density at radius 3 is 2.53 bits per heavy atom. The molecule has 0 aromatic heterocycles. The first-order valence-corrected chi connectivity index (χ1v) is 6.42. The number of nitrogens with one attached hydrogen (secondary N) is 1. The van der Waals surface area contributed by atoms with Gasteiger partial charge in [-0.1, -0.05) is 32.9 Å². The van der Waals surface area contributed by atoms with E-state index in [1.807, 2.05) is 6.07 Å². The van der Waals surface area contributed by atoms with Gasteiger partial charge in [0.05, 0.1) is 5.69 Å². The Morgan fingerprint density at radius 2 is 1.95 bits per heavy atom. The van der Waals surface area contributed by atoms with Gasteiger partial charge in [0.2, 0.25) is 0 Å². The lowest BCUT2D eigenvalue weighted by molar-refractivity contribution is -0.274. The van der Waals surface area contributed by atoms with Crippen molar-refractivity contribution in [2.24, 2.45) is 11.8 Å². The summed E-state index contributed by atoms with van der Waals surface area (Å²) in [4.78, 5) is 0. The molecule has 19 heavy (non-hydrogen) atoms. The number of alkyl halides is 3. The molecule has 2 nitrogen and oxygen atoms in total. The van der Waals surface area contributed by atoms with Crippen molar-refractivity contribution < 1.29 is 17.9 Å². The van der Waals surface area contributed by atoms with Crippen LogP contribution in [0.2, 0.25) is 0 Å². The highest BCUT2D eigenvalue weighted by atomic mass is 19.4. The maximum atomic E-state index is 12.3. The monoisotopic (exact) mass is 273 g/mol. The average Bonchev–Trinajstić information content (AvgIpc) is 2.70. The van der Waals surface area contributed by atoms with E-state index in [1.165, 1.54) is 6.07 Å². The largest absolute Gasteiger partial charge is 0.573 e. The molecule has 2 unspecified atom stereocenters. The van der Waals surface area contributed by atoms with Gasteiger partial charge in [0.25, 0.3) is 0 Å². The second-order valence-electron chi connectivity index (χ2n) is 5.36. The van der Waals surface area contributed by atoms with E-state index in [1.54, 1.807) is 6.07 Å². The SMILES string of the molecule is CC(C)C(C)C1CNc2c(OC(F)(F)F)cccc21. The van der Waals surface area contributed by atoms with Gasteiger partial charge in [-0.25, -0.2) is 0 Å². The Hall–Kier alpha value is -1.39. The zero-order chi connectivity index (χ0) is 14.2. The molecule has 0 amide bonds. The summed E-state index contributed by atoms with van der Waals surface area (Å²) in [5.41, 5.74) is 1.40. The van der Waals surface area contributed by atoms with E-state index >= 15 is 0 Å². The Bertz CT molecular complexity index is 456. The molecule has 2 rings (SSSR count). The third kappa shape index (κ3) is 2.96. The number of anilines is 1. The molecule has 2 atom stereocenters. The lowest BCUT2D eigenvalue weighted by atomic mass is 9.82. The van der Waals surface area contributed by atoms with Crippen LogP contribution in [-0.4, -0.2) is 12.9 Å². The summed E-state index contributed by atoms with van der Waals surface area (Å²) in [6.45, 7) is 7.04. The molecule has 0 bridgehead atoms. The van der Waals surface area contributed by atoms with E-state index in [9.17, 15) is 13.2 Å². The highest BCUT2D eigenvalue weighted by Gasteiger charge is 2.35. The molecular weight excluding hydrogens is 255 g/mol. The fraction of sp³-hybridized carbons (Fsp3) is 0.571. The number of rotatable bonds is 3. The number of halogens is 3. The number of benzene rings is 1. The molecule has 1 aliphatic heterocycles. The Morgan fingerprint density at radius 1 is 1.26 bits per heavy atom. The minimum Gasteiger partial charge on any atom is -0.404 e. The molecule has 0 spiro atoms. The van der Waals surface area contributed by atoms with Crippen LogP contribution in [0.1, 0.15) is 32.3 Å². The zero-order valence-corrected chi connectivity index (χ0v) is 11.2. The fourth-order valence-corrected chi connectivity index (χ4v) is 2.51. The molecule has 1 aromatic rings. The van der Waals surface area contributed by atoms with Crippen molar-refractivity contribution in [1.82, 2.24) is 0 Å². The van der Waals surface area contributed by atoms with Crippen LogP contribution in [0.5, 0.6) is 5.75 Å². The molecular formula is C14H18F3NO. The molecule has 5 heteroatoms. The molecule has 0 aliphatic carbocycles. The highest BCUT2D eigenvalue weighted by Crippen LogP contribution is 2.44. The molecule has 0 saturated heterocycles. The van der Waals surface area contributed by atoms with E-state index in [2.05, 4.69) is 30.8 Å². The first kappa shape index (κ1) is 14.0. The lowest BCUT2D eigenvalue weighted by Crippen LogP contribution is -2.17. The molecule has 1 aromatic carbocycles. The smallest absolute Gasteiger partial charge is 0.404 e. The zero-order valence-electron chi connectivity index (χ0n) is 11.2. The Kier molecular flexibility index (Phi) is 3.65. The Balaban J connectivity index is 2.30. The molecule has 0 fully saturated rings. The number of hydrogen-bond acceptors (Lipinski definition) is 2. The van der Waals surface area contributed by atoms with Gasteiger partial charge >= 0.3 is 6.36 Å². The van der Waals surface area contributed by atoms with Crippen molar-refractivity contribution in [1.29, 1.82) is 0 Å². The van der Waals surface area contributed by atoms with E-state index in [0.717, 1.165) is 5.56 Å². The third-order valence-electron chi connectivity index (χ3n) is 3.87. The van der Waals surface area contributed by atoms with Gasteiger partial charge in [-0.3, -0.25) is 0 Å². The van der Waals surface area contributed by atoms with Crippen LogP contribution in [0.15, 0.2) is 18.2 Å². The minimum atomic E-state index is -4.65. The lowest BCUT2D eigenvalue weighted by Gasteiger charge is -2.23.